The van der Waals surface area contributed by atoms with Crippen molar-refractivity contribution in [3.63, 3.8) is 0 Å². The van der Waals surface area contributed by atoms with Gasteiger partial charge in [0.05, 0.1) is 22.5 Å². The van der Waals surface area contributed by atoms with Gasteiger partial charge in [0.2, 0.25) is 0 Å². The van der Waals surface area contributed by atoms with Crippen LogP contribution in [0, 0.1) is 18.6 Å². The molecule has 0 amide bonds. The second kappa shape index (κ2) is 6.51. The van der Waals surface area contributed by atoms with Crippen LogP contribution in [0.3, 0.4) is 0 Å². The highest BCUT2D eigenvalue weighted by atomic mass is 35.5. The van der Waals surface area contributed by atoms with Crippen molar-refractivity contribution in [3.05, 3.63) is 51.8 Å². The fourth-order valence-electron chi connectivity index (χ4n) is 2.31. The third-order valence-corrected chi connectivity index (χ3v) is 3.83. The minimum atomic E-state index is -0.642. The van der Waals surface area contributed by atoms with Crippen molar-refractivity contribution in [2.75, 3.05) is 0 Å². The summed E-state index contributed by atoms with van der Waals surface area (Å²) in [7, 11) is 0. The van der Waals surface area contributed by atoms with Gasteiger partial charge in [-0.25, -0.2) is 8.78 Å². The Bertz CT molecular complexity index is 622. The fourth-order valence-corrected chi connectivity index (χ4v) is 2.52. The van der Waals surface area contributed by atoms with Gasteiger partial charge in [-0.15, -0.1) is 0 Å². The van der Waals surface area contributed by atoms with Crippen molar-refractivity contribution < 1.29 is 8.78 Å². The number of rotatable bonds is 5. The van der Waals surface area contributed by atoms with E-state index in [0.717, 1.165) is 17.5 Å². The number of hydrogen-bond acceptors (Lipinski definition) is 3. The van der Waals surface area contributed by atoms with Gasteiger partial charge in [0.25, 0.3) is 0 Å². The summed E-state index contributed by atoms with van der Waals surface area (Å²) >= 11 is 6.24. The van der Waals surface area contributed by atoms with E-state index in [1.54, 1.807) is 4.68 Å². The molecule has 114 valence electrons. The number of aromatic nitrogens is 2. The molecule has 1 aromatic heterocycles. The maximum atomic E-state index is 13.3. The van der Waals surface area contributed by atoms with Crippen LogP contribution in [0.1, 0.15) is 29.9 Å². The monoisotopic (exact) mass is 314 g/mol. The third kappa shape index (κ3) is 3.40. The summed E-state index contributed by atoms with van der Waals surface area (Å²) in [4.78, 5) is 0. The van der Waals surface area contributed by atoms with Crippen molar-refractivity contribution in [2.45, 2.75) is 32.9 Å². The predicted molar refractivity (Wildman–Crippen MR) is 77.8 cm³/mol. The lowest BCUT2D eigenvalue weighted by atomic mass is 10.0. The molecule has 0 aliphatic carbocycles. The molecule has 0 aliphatic heterocycles. The summed E-state index contributed by atoms with van der Waals surface area (Å²) in [6.07, 6.45) is 0.382. The Hall–Kier alpha value is -1.50. The van der Waals surface area contributed by atoms with Crippen molar-refractivity contribution in [3.8, 4) is 0 Å². The number of nitrogens with two attached hydrogens (primary N) is 1. The van der Waals surface area contributed by atoms with E-state index in [0.29, 0.717) is 23.6 Å². The Kier molecular flexibility index (Phi) is 4.92. The highest BCUT2D eigenvalue weighted by molar-refractivity contribution is 6.31. The second-order valence-corrected chi connectivity index (χ2v) is 5.17. The van der Waals surface area contributed by atoms with Crippen molar-refractivity contribution in [1.82, 2.24) is 15.2 Å². The molecular weight excluding hydrogens is 298 g/mol. The van der Waals surface area contributed by atoms with Crippen LogP contribution in [0.2, 0.25) is 5.02 Å². The van der Waals surface area contributed by atoms with Crippen molar-refractivity contribution in [2.24, 2.45) is 5.84 Å². The van der Waals surface area contributed by atoms with Crippen LogP contribution < -0.4 is 11.3 Å². The average Bonchev–Trinajstić information content (AvgIpc) is 2.70. The standard InChI is InChI=1S/C14H17ClF2N4/c1-3-21-13(14(15)8(2)20-21)7-12(19-18)9-4-10(16)6-11(17)5-9/h4-6,12,19H,3,7,18H2,1-2H3. The number of benzene rings is 1. The molecule has 2 rings (SSSR count). The van der Waals surface area contributed by atoms with Gasteiger partial charge in [0, 0.05) is 19.0 Å². The number of nitrogens with one attached hydrogen (secondary N) is 1. The summed E-state index contributed by atoms with van der Waals surface area (Å²) in [5.41, 5.74) is 4.50. The first-order chi connectivity index (χ1) is 9.96. The summed E-state index contributed by atoms with van der Waals surface area (Å²) in [5.74, 6) is 4.25. The predicted octanol–water partition coefficient (Wildman–Crippen LogP) is 2.89. The van der Waals surface area contributed by atoms with E-state index in [2.05, 4.69) is 10.5 Å². The lowest BCUT2D eigenvalue weighted by molar-refractivity contribution is 0.506. The van der Waals surface area contributed by atoms with Crippen LogP contribution in [0.5, 0.6) is 0 Å². The number of halogens is 3. The quantitative estimate of drug-likeness (QED) is 0.659. The third-order valence-electron chi connectivity index (χ3n) is 3.34. The smallest absolute Gasteiger partial charge is 0.126 e. The first kappa shape index (κ1) is 15.9. The molecule has 2 aromatic rings. The van der Waals surface area contributed by atoms with Gasteiger partial charge in [-0.1, -0.05) is 11.6 Å². The molecule has 1 aromatic carbocycles. The van der Waals surface area contributed by atoms with Crippen LogP contribution in [-0.2, 0) is 13.0 Å². The highest BCUT2D eigenvalue weighted by Gasteiger charge is 2.19. The Morgan fingerprint density at radius 1 is 1.33 bits per heavy atom. The molecule has 1 heterocycles. The minimum absolute atomic E-state index is 0.382. The van der Waals surface area contributed by atoms with Gasteiger partial charge >= 0.3 is 0 Å². The summed E-state index contributed by atoms with van der Waals surface area (Å²) < 4.78 is 28.4. The van der Waals surface area contributed by atoms with Gasteiger partial charge in [-0.05, 0) is 31.5 Å². The molecule has 21 heavy (non-hydrogen) atoms. The molecule has 1 unspecified atom stereocenters. The van der Waals surface area contributed by atoms with E-state index in [1.807, 2.05) is 13.8 Å². The highest BCUT2D eigenvalue weighted by Crippen LogP contribution is 2.26. The molecule has 0 radical (unpaired) electrons. The van der Waals surface area contributed by atoms with Crippen molar-refractivity contribution >= 4 is 11.6 Å². The van der Waals surface area contributed by atoms with Crippen LogP contribution in [-0.4, -0.2) is 9.78 Å². The molecule has 0 saturated carbocycles. The van der Waals surface area contributed by atoms with E-state index in [4.69, 9.17) is 17.4 Å². The zero-order chi connectivity index (χ0) is 15.6. The molecule has 3 N–H and O–H groups in total. The normalized spacial score (nSPS) is 12.7. The molecule has 0 bridgehead atoms. The summed E-state index contributed by atoms with van der Waals surface area (Å²) in [6.45, 7) is 4.40. The Morgan fingerprint density at radius 3 is 2.48 bits per heavy atom. The number of hydrogen-bond donors (Lipinski definition) is 2. The van der Waals surface area contributed by atoms with Crippen LogP contribution in [0.15, 0.2) is 18.2 Å². The first-order valence-electron chi connectivity index (χ1n) is 6.60. The molecule has 0 spiro atoms. The zero-order valence-corrected chi connectivity index (χ0v) is 12.6. The summed E-state index contributed by atoms with van der Waals surface area (Å²) in [5, 5.41) is 4.86. The van der Waals surface area contributed by atoms with Gasteiger partial charge in [0.15, 0.2) is 0 Å². The van der Waals surface area contributed by atoms with Gasteiger partial charge in [-0.2, -0.15) is 5.10 Å². The Balaban J connectivity index is 2.35. The van der Waals surface area contributed by atoms with Crippen LogP contribution in [0.25, 0.3) is 0 Å². The SMILES string of the molecule is CCn1nc(C)c(Cl)c1CC(NN)c1cc(F)cc(F)c1. The molecular formula is C14H17ClF2N4. The van der Waals surface area contributed by atoms with E-state index < -0.39 is 17.7 Å². The van der Waals surface area contributed by atoms with E-state index in [9.17, 15) is 8.78 Å². The van der Waals surface area contributed by atoms with E-state index in [1.165, 1.54) is 12.1 Å². The van der Waals surface area contributed by atoms with Crippen molar-refractivity contribution in [1.29, 1.82) is 0 Å². The van der Waals surface area contributed by atoms with E-state index >= 15 is 0 Å². The number of aryl methyl sites for hydroxylation is 2. The van der Waals surface area contributed by atoms with Gasteiger partial charge in [0.1, 0.15) is 11.6 Å². The lowest BCUT2D eigenvalue weighted by Gasteiger charge is -2.17. The largest absolute Gasteiger partial charge is 0.271 e. The maximum Gasteiger partial charge on any atom is 0.126 e. The van der Waals surface area contributed by atoms with Gasteiger partial charge < -0.3 is 0 Å². The molecule has 0 saturated heterocycles. The maximum absolute atomic E-state index is 13.3. The fraction of sp³-hybridized carbons (Fsp3) is 0.357. The Labute approximate surface area is 126 Å². The number of hydrazine groups is 1. The molecule has 7 heteroatoms. The van der Waals surface area contributed by atoms with E-state index in [-0.39, 0.29) is 0 Å². The van der Waals surface area contributed by atoms with Gasteiger partial charge in [-0.3, -0.25) is 16.0 Å². The minimum Gasteiger partial charge on any atom is -0.271 e. The first-order valence-corrected chi connectivity index (χ1v) is 6.98. The lowest BCUT2D eigenvalue weighted by Crippen LogP contribution is -2.30. The number of nitrogens with zero attached hydrogens (tertiary/aromatic N) is 2. The average molecular weight is 315 g/mol. The molecule has 1 atom stereocenters. The summed E-state index contributed by atoms with van der Waals surface area (Å²) in [6, 6.07) is 2.86. The molecule has 4 nitrogen and oxygen atoms in total. The molecule has 0 fully saturated rings. The van der Waals surface area contributed by atoms with Crippen LogP contribution in [0.4, 0.5) is 8.78 Å². The Morgan fingerprint density at radius 2 is 1.95 bits per heavy atom. The molecule has 0 aliphatic rings. The van der Waals surface area contributed by atoms with Crippen LogP contribution >= 0.6 is 11.6 Å². The second-order valence-electron chi connectivity index (χ2n) is 4.79. The zero-order valence-electron chi connectivity index (χ0n) is 11.8. The topological polar surface area (TPSA) is 55.9 Å².